The molecule has 2 N–H and O–H groups in total. The lowest BCUT2D eigenvalue weighted by Crippen LogP contribution is -2.13. The Labute approximate surface area is 97.8 Å². The number of halogens is 2. The van der Waals surface area contributed by atoms with Gasteiger partial charge in [-0.2, -0.15) is 0 Å². The largest absolute Gasteiger partial charge is 0.472 e. The number of rotatable bonds is 3. The molecule has 1 aromatic carbocycles. The molecule has 0 bridgehead atoms. The molecule has 2 aromatic rings. The van der Waals surface area contributed by atoms with E-state index in [1.54, 1.807) is 30.7 Å². The van der Waals surface area contributed by atoms with Crippen LogP contribution in [-0.4, -0.2) is 0 Å². The fourth-order valence-electron chi connectivity index (χ4n) is 1.53. The summed E-state index contributed by atoms with van der Waals surface area (Å²) in [6.45, 7) is 0. The van der Waals surface area contributed by atoms with E-state index in [4.69, 9.17) is 21.8 Å². The zero-order valence-electron chi connectivity index (χ0n) is 8.49. The minimum Gasteiger partial charge on any atom is -0.472 e. The number of hydrogen-bond donors (Lipinski definition) is 1. The minimum absolute atomic E-state index is 0.269. The van der Waals surface area contributed by atoms with Gasteiger partial charge in [0, 0.05) is 16.6 Å². The Balaban J connectivity index is 2.15. The first-order valence-corrected chi connectivity index (χ1v) is 5.26. The van der Waals surface area contributed by atoms with Crippen molar-refractivity contribution in [2.75, 3.05) is 0 Å². The molecule has 0 aliphatic rings. The molecule has 0 spiro atoms. The maximum Gasteiger partial charge on any atom is 0.127 e. The van der Waals surface area contributed by atoms with E-state index in [2.05, 4.69) is 0 Å². The van der Waals surface area contributed by atoms with Gasteiger partial charge in [0.1, 0.15) is 5.82 Å². The fraction of sp³-hybridized carbons (Fsp3) is 0.167. The summed E-state index contributed by atoms with van der Waals surface area (Å²) in [6, 6.07) is 6.10. The highest BCUT2D eigenvalue weighted by Gasteiger charge is 2.11. The Bertz CT molecular complexity index is 470. The quantitative estimate of drug-likeness (QED) is 0.893. The number of benzene rings is 1. The van der Waals surface area contributed by atoms with Crippen LogP contribution in [0.1, 0.15) is 17.2 Å². The number of hydrogen-bond acceptors (Lipinski definition) is 2. The normalized spacial score (nSPS) is 12.7. The second-order valence-electron chi connectivity index (χ2n) is 3.60. The van der Waals surface area contributed by atoms with Gasteiger partial charge in [-0.25, -0.2) is 4.39 Å². The molecule has 0 radical (unpaired) electrons. The molecular formula is C12H11ClFNO. The maximum atomic E-state index is 13.5. The van der Waals surface area contributed by atoms with Gasteiger partial charge in [0.25, 0.3) is 0 Å². The van der Waals surface area contributed by atoms with Gasteiger partial charge in [-0.3, -0.25) is 0 Å². The van der Waals surface area contributed by atoms with E-state index in [9.17, 15) is 4.39 Å². The lowest BCUT2D eigenvalue weighted by Gasteiger charge is -2.10. The van der Waals surface area contributed by atoms with Crippen molar-refractivity contribution in [3.8, 4) is 0 Å². The summed E-state index contributed by atoms with van der Waals surface area (Å²) in [6.07, 6.45) is 3.54. The van der Waals surface area contributed by atoms with E-state index >= 15 is 0 Å². The van der Waals surface area contributed by atoms with Gasteiger partial charge in [0.05, 0.1) is 12.5 Å². The van der Waals surface area contributed by atoms with Crippen LogP contribution in [0.15, 0.2) is 41.2 Å². The molecule has 4 heteroatoms. The Hall–Kier alpha value is -1.32. The number of furan rings is 1. The Morgan fingerprint density at radius 3 is 2.81 bits per heavy atom. The van der Waals surface area contributed by atoms with Gasteiger partial charge in [-0.1, -0.05) is 17.7 Å². The van der Waals surface area contributed by atoms with Gasteiger partial charge >= 0.3 is 0 Å². The fourth-order valence-corrected chi connectivity index (χ4v) is 1.69. The van der Waals surface area contributed by atoms with Crippen LogP contribution in [-0.2, 0) is 6.42 Å². The highest BCUT2D eigenvalue weighted by molar-refractivity contribution is 6.30. The van der Waals surface area contributed by atoms with Crippen molar-refractivity contribution in [2.45, 2.75) is 12.5 Å². The standard InChI is InChI=1S/C12H11ClFNO/c13-10-2-1-8(11(14)6-10)5-12(15)9-3-4-16-7-9/h1-4,6-7,12H,5,15H2. The van der Waals surface area contributed by atoms with Crippen LogP contribution < -0.4 is 5.73 Å². The van der Waals surface area contributed by atoms with E-state index < -0.39 is 0 Å². The highest BCUT2D eigenvalue weighted by Crippen LogP contribution is 2.20. The van der Waals surface area contributed by atoms with Crippen LogP contribution in [0.2, 0.25) is 5.02 Å². The van der Waals surface area contributed by atoms with Crippen molar-refractivity contribution >= 4 is 11.6 Å². The van der Waals surface area contributed by atoms with Crippen molar-refractivity contribution < 1.29 is 8.81 Å². The Morgan fingerprint density at radius 1 is 1.38 bits per heavy atom. The van der Waals surface area contributed by atoms with Gasteiger partial charge in [-0.05, 0) is 30.2 Å². The van der Waals surface area contributed by atoms with Crippen LogP contribution in [0, 0.1) is 5.82 Å². The number of nitrogens with two attached hydrogens (primary N) is 1. The first-order chi connectivity index (χ1) is 7.66. The third-order valence-corrected chi connectivity index (χ3v) is 2.66. The second kappa shape index (κ2) is 4.68. The molecule has 16 heavy (non-hydrogen) atoms. The first kappa shape index (κ1) is 11.2. The predicted molar refractivity (Wildman–Crippen MR) is 60.8 cm³/mol. The van der Waals surface area contributed by atoms with Crippen molar-refractivity contribution in [2.24, 2.45) is 5.73 Å². The predicted octanol–water partition coefficient (Wildman–Crippen LogP) is 3.31. The zero-order chi connectivity index (χ0) is 11.5. The summed E-state index contributed by atoms with van der Waals surface area (Å²) in [5.74, 6) is -0.327. The van der Waals surface area contributed by atoms with Gasteiger partial charge in [0.2, 0.25) is 0 Å². The monoisotopic (exact) mass is 239 g/mol. The molecule has 84 valence electrons. The van der Waals surface area contributed by atoms with Crippen molar-refractivity contribution in [1.82, 2.24) is 0 Å². The molecule has 1 unspecified atom stereocenters. The molecule has 0 amide bonds. The van der Waals surface area contributed by atoms with E-state index in [1.807, 2.05) is 0 Å². The third kappa shape index (κ3) is 2.43. The lowest BCUT2D eigenvalue weighted by atomic mass is 10.0. The third-order valence-electron chi connectivity index (χ3n) is 2.43. The minimum atomic E-state index is -0.327. The van der Waals surface area contributed by atoms with Crippen LogP contribution in [0.4, 0.5) is 4.39 Å². The maximum absolute atomic E-state index is 13.5. The first-order valence-electron chi connectivity index (χ1n) is 4.88. The molecule has 0 saturated carbocycles. The molecule has 1 heterocycles. The highest BCUT2D eigenvalue weighted by atomic mass is 35.5. The molecule has 2 rings (SSSR count). The van der Waals surface area contributed by atoms with Crippen LogP contribution >= 0.6 is 11.6 Å². The summed E-state index contributed by atoms with van der Waals surface area (Å²) >= 11 is 5.67. The lowest BCUT2D eigenvalue weighted by molar-refractivity contribution is 0.555. The molecule has 2 nitrogen and oxygen atoms in total. The average Bonchev–Trinajstić information content (AvgIpc) is 2.75. The molecule has 0 saturated heterocycles. The summed E-state index contributed by atoms with van der Waals surface area (Å²) in [5, 5.41) is 0.387. The van der Waals surface area contributed by atoms with Crippen LogP contribution in [0.25, 0.3) is 0 Å². The van der Waals surface area contributed by atoms with E-state index in [1.165, 1.54) is 6.07 Å². The molecule has 1 atom stereocenters. The topological polar surface area (TPSA) is 39.2 Å². The summed E-state index contributed by atoms with van der Waals surface area (Å²) in [5.41, 5.74) is 7.33. The van der Waals surface area contributed by atoms with Gasteiger partial charge in [0.15, 0.2) is 0 Å². The van der Waals surface area contributed by atoms with E-state index in [0.29, 0.717) is 17.0 Å². The molecule has 0 fully saturated rings. The van der Waals surface area contributed by atoms with Crippen molar-refractivity contribution in [3.63, 3.8) is 0 Å². The summed E-state index contributed by atoms with van der Waals surface area (Å²) < 4.78 is 18.4. The van der Waals surface area contributed by atoms with Gasteiger partial charge in [-0.15, -0.1) is 0 Å². The Morgan fingerprint density at radius 2 is 2.19 bits per heavy atom. The van der Waals surface area contributed by atoms with Crippen molar-refractivity contribution in [3.05, 3.63) is 58.8 Å². The summed E-state index contributed by atoms with van der Waals surface area (Å²) in [7, 11) is 0. The molecular weight excluding hydrogens is 229 g/mol. The smallest absolute Gasteiger partial charge is 0.127 e. The molecule has 0 aliphatic carbocycles. The van der Waals surface area contributed by atoms with Gasteiger partial charge < -0.3 is 10.2 Å². The second-order valence-corrected chi connectivity index (χ2v) is 4.04. The summed E-state index contributed by atoms with van der Waals surface area (Å²) in [4.78, 5) is 0. The van der Waals surface area contributed by atoms with E-state index in [0.717, 1.165) is 5.56 Å². The average molecular weight is 240 g/mol. The van der Waals surface area contributed by atoms with Crippen molar-refractivity contribution in [1.29, 1.82) is 0 Å². The zero-order valence-corrected chi connectivity index (χ0v) is 9.25. The SMILES string of the molecule is NC(Cc1ccc(Cl)cc1F)c1ccoc1. The van der Waals surface area contributed by atoms with E-state index in [-0.39, 0.29) is 11.9 Å². The van der Waals surface area contributed by atoms with Crippen LogP contribution in [0.5, 0.6) is 0 Å². The molecule has 0 aliphatic heterocycles. The molecule has 1 aromatic heterocycles. The Kier molecular flexibility index (Phi) is 3.27. The van der Waals surface area contributed by atoms with Crippen LogP contribution in [0.3, 0.4) is 0 Å².